The first-order chi connectivity index (χ1) is 9.72. The van der Waals surface area contributed by atoms with Gasteiger partial charge in [0.05, 0.1) is 15.9 Å². The minimum atomic E-state index is 0.00403. The van der Waals surface area contributed by atoms with Crippen molar-refractivity contribution in [1.82, 2.24) is 14.9 Å². The number of fused-ring (bicyclic) bond motifs is 1. The molecule has 1 aromatic heterocycles. The molecule has 0 unspecified atom stereocenters. The Balaban J connectivity index is 2.26. The number of halogens is 1. The molecule has 1 fully saturated rings. The fourth-order valence-electron chi connectivity index (χ4n) is 2.94. The third-order valence-electron chi connectivity index (χ3n) is 3.94. The number of nitrogens with one attached hydrogen (secondary N) is 1. The van der Waals surface area contributed by atoms with Gasteiger partial charge in [-0.15, -0.1) is 0 Å². The molecule has 1 N–H and O–H groups in total. The zero-order chi connectivity index (χ0) is 14.1. The molecule has 0 radical (unpaired) electrons. The summed E-state index contributed by atoms with van der Waals surface area (Å²) < 4.78 is 1.87. The van der Waals surface area contributed by atoms with Crippen molar-refractivity contribution < 1.29 is 0 Å². The number of aromatic nitrogens is 2. The fraction of sp³-hybridized carbons (Fsp3) is 0.467. The van der Waals surface area contributed by atoms with Gasteiger partial charge in [-0.05, 0) is 38.1 Å². The van der Waals surface area contributed by atoms with Crippen LogP contribution in [0.1, 0.15) is 31.6 Å². The molecule has 0 spiro atoms. The van der Waals surface area contributed by atoms with E-state index in [1.807, 2.05) is 23.6 Å². The molecule has 2 heterocycles. The quantitative estimate of drug-likeness (QED) is 0.925. The highest BCUT2D eigenvalue weighted by Gasteiger charge is 2.21. The van der Waals surface area contributed by atoms with Crippen LogP contribution in [0.15, 0.2) is 23.0 Å². The first-order valence-corrected chi connectivity index (χ1v) is 7.50. The van der Waals surface area contributed by atoms with Crippen LogP contribution in [0.4, 0.5) is 0 Å². The number of nitrogens with zero attached hydrogens (tertiary/aromatic N) is 2. The van der Waals surface area contributed by atoms with Crippen molar-refractivity contribution in [1.29, 1.82) is 0 Å². The van der Waals surface area contributed by atoms with Gasteiger partial charge in [-0.1, -0.05) is 24.6 Å². The van der Waals surface area contributed by atoms with E-state index in [4.69, 9.17) is 11.6 Å². The van der Waals surface area contributed by atoms with E-state index in [-0.39, 0.29) is 11.6 Å². The summed E-state index contributed by atoms with van der Waals surface area (Å²) in [6.45, 7) is 3.93. The Morgan fingerprint density at radius 1 is 1.40 bits per heavy atom. The van der Waals surface area contributed by atoms with E-state index < -0.39 is 0 Å². The van der Waals surface area contributed by atoms with Crippen LogP contribution in [0, 0.1) is 0 Å². The van der Waals surface area contributed by atoms with Crippen molar-refractivity contribution in [2.24, 2.45) is 0 Å². The second kappa shape index (κ2) is 5.54. The van der Waals surface area contributed by atoms with Crippen molar-refractivity contribution in [3.63, 3.8) is 0 Å². The maximum absolute atomic E-state index is 12.8. The fourth-order valence-corrected chi connectivity index (χ4v) is 3.19. The van der Waals surface area contributed by atoms with E-state index in [0.29, 0.717) is 15.9 Å². The number of hydrogen-bond acceptors (Lipinski definition) is 3. The lowest BCUT2D eigenvalue weighted by Gasteiger charge is -2.27. The minimum absolute atomic E-state index is 0.00403. The number of rotatable bonds is 2. The number of hydrogen-bond donors (Lipinski definition) is 1. The minimum Gasteiger partial charge on any atom is -0.317 e. The molecule has 3 rings (SSSR count). The summed E-state index contributed by atoms with van der Waals surface area (Å²) in [5.41, 5.74) is 0.703. The van der Waals surface area contributed by atoms with E-state index in [9.17, 15) is 4.79 Å². The van der Waals surface area contributed by atoms with Gasteiger partial charge in [0.2, 0.25) is 0 Å². The van der Waals surface area contributed by atoms with E-state index >= 15 is 0 Å². The third kappa shape index (κ3) is 2.23. The van der Waals surface area contributed by atoms with Gasteiger partial charge in [-0.3, -0.25) is 9.36 Å². The van der Waals surface area contributed by atoms with E-state index in [1.165, 1.54) is 0 Å². The Bertz CT molecular complexity index is 689. The Hall–Kier alpha value is -1.39. The molecule has 1 saturated heterocycles. The normalized spacial score (nSPS) is 16.7. The Kier molecular flexibility index (Phi) is 3.76. The van der Waals surface area contributed by atoms with Crippen molar-refractivity contribution >= 4 is 22.5 Å². The molecule has 0 amide bonds. The van der Waals surface area contributed by atoms with Gasteiger partial charge in [-0.25, -0.2) is 4.98 Å². The SMILES string of the molecule is CCc1nc2cccc(Cl)c2c(=O)n1C1CCNCC1. The zero-order valence-corrected chi connectivity index (χ0v) is 12.3. The highest BCUT2D eigenvalue weighted by Crippen LogP contribution is 2.23. The summed E-state index contributed by atoms with van der Waals surface area (Å²) in [7, 11) is 0. The highest BCUT2D eigenvalue weighted by molar-refractivity contribution is 6.35. The summed E-state index contributed by atoms with van der Waals surface area (Å²) in [5, 5.41) is 4.37. The molecule has 0 atom stereocenters. The zero-order valence-electron chi connectivity index (χ0n) is 11.5. The first kappa shape index (κ1) is 13.6. The number of piperidine rings is 1. The van der Waals surface area contributed by atoms with E-state index in [2.05, 4.69) is 10.3 Å². The molecule has 0 aliphatic carbocycles. The Labute approximate surface area is 122 Å². The van der Waals surface area contributed by atoms with Crippen LogP contribution in [0.25, 0.3) is 10.9 Å². The largest absolute Gasteiger partial charge is 0.317 e. The molecular formula is C15H18ClN3O. The van der Waals surface area contributed by atoms with Crippen LogP contribution in [0.3, 0.4) is 0 Å². The summed E-state index contributed by atoms with van der Waals surface area (Å²) in [4.78, 5) is 17.5. The summed E-state index contributed by atoms with van der Waals surface area (Å²) in [6, 6.07) is 5.68. The van der Waals surface area contributed by atoms with Gasteiger partial charge in [0.1, 0.15) is 5.82 Å². The molecule has 5 heteroatoms. The van der Waals surface area contributed by atoms with Crippen LogP contribution >= 0.6 is 11.6 Å². The van der Waals surface area contributed by atoms with Crippen LogP contribution in [-0.4, -0.2) is 22.6 Å². The highest BCUT2D eigenvalue weighted by atomic mass is 35.5. The van der Waals surface area contributed by atoms with Crippen LogP contribution in [0.2, 0.25) is 5.02 Å². The topological polar surface area (TPSA) is 46.9 Å². The van der Waals surface area contributed by atoms with Crippen molar-refractivity contribution in [3.8, 4) is 0 Å². The first-order valence-electron chi connectivity index (χ1n) is 7.12. The Morgan fingerprint density at radius 2 is 2.15 bits per heavy atom. The third-order valence-corrected chi connectivity index (χ3v) is 4.26. The molecule has 1 aliphatic rings. The molecular weight excluding hydrogens is 274 g/mol. The summed E-state index contributed by atoms with van der Waals surface area (Å²) in [5.74, 6) is 0.858. The average molecular weight is 292 g/mol. The molecule has 106 valence electrons. The van der Waals surface area contributed by atoms with Gasteiger partial charge in [0, 0.05) is 12.5 Å². The predicted molar refractivity (Wildman–Crippen MR) is 81.5 cm³/mol. The molecule has 4 nitrogen and oxygen atoms in total. The second-order valence-electron chi connectivity index (χ2n) is 5.17. The maximum atomic E-state index is 12.8. The van der Waals surface area contributed by atoms with Gasteiger partial charge in [0.15, 0.2) is 0 Å². The summed E-state index contributed by atoms with van der Waals surface area (Å²) >= 11 is 6.20. The van der Waals surface area contributed by atoms with E-state index in [1.54, 1.807) is 6.07 Å². The van der Waals surface area contributed by atoms with Crippen LogP contribution in [-0.2, 0) is 6.42 Å². The molecule has 0 bridgehead atoms. The second-order valence-corrected chi connectivity index (χ2v) is 5.58. The number of benzene rings is 1. The average Bonchev–Trinajstić information content (AvgIpc) is 2.47. The number of aryl methyl sites for hydroxylation is 1. The van der Waals surface area contributed by atoms with Crippen molar-refractivity contribution in [2.45, 2.75) is 32.2 Å². The van der Waals surface area contributed by atoms with Gasteiger partial charge in [0.25, 0.3) is 5.56 Å². The Morgan fingerprint density at radius 3 is 2.85 bits per heavy atom. The van der Waals surface area contributed by atoms with Crippen LogP contribution < -0.4 is 10.9 Å². The van der Waals surface area contributed by atoms with Gasteiger partial charge < -0.3 is 5.32 Å². The van der Waals surface area contributed by atoms with Crippen LogP contribution in [0.5, 0.6) is 0 Å². The lowest BCUT2D eigenvalue weighted by atomic mass is 10.1. The smallest absolute Gasteiger partial charge is 0.263 e. The predicted octanol–water partition coefficient (Wildman–Crippen LogP) is 2.54. The molecule has 1 aromatic carbocycles. The molecule has 20 heavy (non-hydrogen) atoms. The van der Waals surface area contributed by atoms with E-state index in [0.717, 1.165) is 38.2 Å². The molecule has 1 aliphatic heterocycles. The monoisotopic (exact) mass is 291 g/mol. The standard InChI is InChI=1S/C15H18ClN3O/c1-2-13-18-12-5-3-4-11(16)14(12)15(20)19(13)10-6-8-17-9-7-10/h3-5,10,17H,2,6-9H2,1H3. The molecule has 2 aromatic rings. The summed E-state index contributed by atoms with van der Waals surface area (Å²) in [6.07, 6.45) is 2.68. The maximum Gasteiger partial charge on any atom is 0.263 e. The van der Waals surface area contributed by atoms with Crippen molar-refractivity contribution in [2.75, 3.05) is 13.1 Å². The lowest BCUT2D eigenvalue weighted by Crippen LogP contribution is -2.36. The van der Waals surface area contributed by atoms with Gasteiger partial charge in [-0.2, -0.15) is 0 Å². The molecule has 0 saturated carbocycles. The lowest BCUT2D eigenvalue weighted by molar-refractivity contribution is 0.351. The van der Waals surface area contributed by atoms with Crippen molar-refractivity contribution in [3.05, 3.63) is 39.4 Å². The van der Waals surface area contributed by atoms with Gasteiger partial charge >= 0.3 is 0 Å².